The molecular formula is C19H18F3N3O2. The summed E-state index contributed by atoms with van der Waals surface area (Å²) in [6.45, 7) is 4.74. The van der Waals surface area contributed by atoms with Gasteiger partial charge in [-0.15, -0.1) is 0 Å². The molecule has 0 aliphatic heterocycles. The molecule has 2 amide bonds. The van der Waals surface area contributed by atoms with Gasteiger partial charge < -0.3 is 5.73 Å². The Morgan fingerprint density at radius 3 is 2.44 bits per heavy atom. The number of nitrogens with two attached hydrogens (primary N) is 1. The lowest BCUT2D eigenvalue weighted by molar-refractivity contribution is -0.123. The van der Waals surface area contributed by atoms with Crippen LogP contribution in [0.25, 0.3) is 0 Å². The van der Waals surface area contributed by atoms with Gasteiger partial charge >= 0.3 is 0 Å². The van der Waals surface area contributed by atoms with Crippen LogP contribution in [0.3, 0.4) is 0 Å². The number of amides is 2. The molecule has 0 radical (unpaired) electrons. The molecule has 27 heavy (non-hydrogen) atoms. The summed E-state index contributed by atoms with van der Waals surface area (Å²) in [7, 11) is 0. The number of carbonyl (C=O) groups excluding carboxylic acids is 2. The normalized spacial score (nSPS) is 10.4. The van der Waals surface area contributed by atoms with Gasteiger partial charge in [-0.25, -0.2) is 18.2 Å². The molecule has 0 unspecified atom stereocenters. The molecule has 0 aliphatic carbocycles. The molecule has 2 aromatic carbocycles. The van der Waals surface area contributed by atoms with Gasteiger partial charge in [0.15, 0.2) is 0 Å². The van der Waals surface area contributed by atoms with E-state index in [1.54, 1.807) is 0 Å². The van der Waals surface area contributed by atoms with E-state index in [9.17, 15) is 22.8 Å². The zero-order valence-corrected chi connectivity index (χ0v) is 14.6. The summed E-state index contributed by atoms with van der Waals surface area (Å²) in [5.41, 5.74) is 7.78. The lowest BCUT2D eigenvalue weighted by Crippen LogP contribution is -2.47. The first-order chi connectivity index (χ1) is 12.7. The fourth-order valence-electron chi connectivity index (χ4n) is 2.45. The van der Waals surface area contributed by atoms with E-state index in [2.05, 4.69) is 12.0 Å². The van der Waals surface area contributed by atoms with Gasteiger partial charge in [0.1, 0.15) is 17.5 Å². The number of halogens is 3. The Morgan fingerprint density at radius 1 is 1.15 bits per heavy atom. The number of nitrogens with zero attached hydrogens (tertiary/aromatic N) is 1. The maximum atomic E-state index is 14.1. The van der Waals surface area contributed by atoms with Crippen LogP contribution in [-0.2, 0) is 11.2 Å². The highest BCUT2D eigenvalue weighted by Gasteiger charge is 2.25. The van der Waals surface area contributed by atoms with Gasteiger partial charge in [0.05, 0.1) is 17.7 Å². The third kappa shape index (κ3) is 4.95. The number of hydrogen-bond acceptors (Lipinski definition) is 3. The van der Waals surface area contributed by atoms with Crippen molar-refractivity contribution in [2.75, 3.05) is 6.54 Å². The molecule has 5 nitrogen and oxygen atoms in total. The topological polar surface area (TPSA) is 75.4 Å². The number of nitrogens with one attached hydrogen (secondary N) is 1. The SMILES string of the molecule is C=C(CN)N(NC(=O)Cc1cccc(F)c1)C(=O)c1c(C)cc(F)cc1F. The second-order valence-corrected chi connectivity index (χ2v) is 5.83. The van der Waals surface area contributed by atoms with Crippen molar-refractivity contribution in [2.45, 2.75) is 13.3 Å². The van der Waals surface area contributed by atoms with Gasteiger partial charge in [0.2, 0.25) is 5.91 Å². The van der Waals surface area contributed by atoms with Crippen LogP contribution >= 0.6 is 0 Å². The lowest BCUT2D eigenvalue weighted by atomic mass is 10.1. The number of hydrogen-bond donors (Lipinski definition) is 2. The van der Waals surface area contributed by atoms with Crippen molar-refractivity contribution in [3.8, 4) is 0 Å². The molecule has 0 bridgehead atoms. The van der Waals surface area contributed by atoms with E-state index in [0.29, 0.717) is 16.6 Å². The van der Waals surface area contributed by atoms with Crippen LogP contribution < -0.4 is 11.2 Å². The predicted octanol–water partition coefficient (Wildman–Crippen LogP) is 2.60. The average molecular weight is 377 g/mol. The van der Waals surface area contributed by atoms with Crippen molar-refractivity contribution in [1.82, 2.24) is 10.4 Å². The minimum Gasteiger partial charge on any atom is -0.325 e. The first kappa shape index (κ1) is 20.2. The molecule has 0 aliphatic rings. The molecule has 0 saturated carbocycles. The molecular weight excluding hydrogens is 359 g/mol. The summed E-state index contributed by atoms with van der Waals surface area (Å²) in [4.78, 5) is 25.0. The highest BCUT2D eigenvalue weighted by atomic mass is 19.1. The standard InChI is InChI=1S/C19H18F3N3O2/c1-11-6-15(21)9-16(22)18(11)19(27)25(12(2)10-23)24-17(26)8-13-4-3-5-14(20)7-13/h3-7,9H,2,8,10,23H2,1H3,(H,24,26). The van der Waals surface area contributed by atoms with E-state index in [1.807, 2.05) is 0 Å². The van der Waals surface area contributed by atoms with Crippen molar-refractivity contribution in [3.05, 3.63) is 82.8 Å². The van der Waals surface area contributed by atoms with Crippen LogP contribution in [0.4, 0.5) is 13.2 Å². The minimum atomic E-state index is -1.08. The fourth-order valence-corrected chi connectivity index (χ4v) is 2.45. The molecule has 3 N–H and O–H groups in total. The number of aryl methyl sites for hydroxylation is 1. The van der Waals surface area contributed by atoms with Crippen LogP contribution in [0.1, 0.15) is 21.5 Å². The smallest absolute Gasteiger partial charge is 0.279 e. The van der Waals surface area contributed by atoms with Crippen molar-refractivity contribution < 1.29 is 22.8 Å². The third-order valence-corrected chi connectivity index (χ3v) is 3.71. The molecule has 0 aromatic heterocycles. The van der Waals surface area contributed by atoms with Crippen molar-refractivity contribution >= 4 is 11.8 Å². The van der Waals surface area contributed by atoms with E-state index in [4.69, 9.17) is 5.73 Å². The molecule has 2 aromatic rings. The number of hydrazine groups is 1. The third-order valence-electron chi connectivity index (χ3n) is 3.71. The van der Waals surface area contributed by atoms with Crippen LogP contribution in [-0.4, -0.2) is 23.4 Å². The largest absolute Gasteiger partial charge is 0.325 e. The number of benzene rings is 2. The van der Waals surface area contributed by atoms with E-state index >= 15 is 0 Å². The van der Waals surface area contributed by atoms with E-state index < -0.39 is 34.8 Å². The maximum absolute atomic E-state index is 14.1. The van der Waals surface area contributed by atoms with E-state index in [0.717, 1.165) is 6.07 Å². The second-order valence-electron chi connectivity index (χ2n) is 5.83. The summed E-state index contributed by atoms with van der Waals surface area (Å²) in [6, 6.07) is 6.95. The molecule has 2 rings (SSSR count). The summed E-state index contributed by atoms with van der Waals surface area (Å²) >= 11 is 0. The molecule has 0 atom stereocenters. The molecule has 0 saturated heterocycles. The summed E-state index contributed by atoms with van der Waals surface area (Å²) in [5, 5.41) is 0.713. The first-order valence-electron chi connectivity index (χ1n) is 7.94. The van der Waals surface area contributed by atoms with E-state index in [-0.39, 0.29) is 24.2 Å². The highest BCUT2D eigenvalue weighted by Crippen LogP contribution is 2.18. The summed E-state index contributed by atoms with van der Waals surface area (Å²) < 4.78 is 40.6. The molecule has 8 heteroatoms. The Hall–Kier alpha value is -3.13. The van der Waals surface area contributed by atoms with Crippen molar-refractivity contribution in [3.63, 3.8) is 0 Å². The zero-order valence-electron chi connectivity index (χ0n) is 14.6. The number of rotatable bonds is 5. The van der Waals surface area contributed by atoms with Gasteiger partial charge in [0, 0.05) is 12.6 Å². The van der Waals surface area contributed by atoms with E-state index in [1.165, 1.54) is 31.2 Å². The van der Waals surface area contributed by atoms with Crippen molar-refractivity contribution in [1.29, 1.82) is 0 Å². The van der Waals surface area contributed by atoms with Crippen molar-refractivity contribution in [2.24, 2.45) is 5.73 Å². The fraction of sp³-hybridized carbons (Fsp3) is 0.158. The van der Waals surface area contributed by atoms with Gasteiger partial charge in [0.25, 0.3) is 5.91 Å². The predicted molar refractivity (Wildman–Crippen MR) is 93.7 cm³/mol. The Morgan fingerprint density at radius 2 is 1.85 bits per heavy atom. The van der Waals surface area contributed by atoms with Gasteiger partial charge in [-0.05, 0) is 36.2 Å². The van der Waals surface area contributed by atoms with Crippen LogP contribution in [0.5, 0.6) is 0 Å². The van der Waals surface area contributed by atoms with Crippen LogP contribution in [0.15, 0.2) is 48.7 Å². The maximum Gasteiger partial charge on any atom is 0.279 e. The van der Waals surface area contributed by atoms with Gasteiger partial charge in [-0.1, -0.05) is 18.7 Å². The second kappa shape index (κ2) is 8.50. The lowest BCUT2D eigenvalue weighted by Gasteiger charge is -2.25. The summed E-state index contributed by atoms with van der Waals surface area (Å²) in [5.74, 6) is -4.03. The Kier molecular flexibility index (Phi) is 6.36. The first-order valence-corrected chi connectivity index (χ1v) is 7.94. The Bertz CT molecular complexity index is 877. The number of carbonyl (C=O) groups is 2. The monoisotopic (exact) mass is 377 g/mol. The Labute approximate surface area is 154 Å². The zero-order chi connectivity index (χ0) is 20.1. The Balaban J connectivity index is 2.26. The highest BCUT2D eigenvalue weighted by molar-refractivity contribution is 5.98. The molecule has 0 spiro atoms. The molecule has 0 heterocycles. The molecule has 0 fully saturated rings. The minimum absolute atomic E-state index is 0.00397. The van der Waals surface area contributed by atoms with Crippen LogP contribution in [0, 0.1) is 24.4 Å². The summed E-state index contributed by atoms with van der Waals surface area (Å²) in [6.07, 6.45) is -0.232. The van der Waals surface area contributed by atoms with Gasteiger partial charge in [-0.3, -0.25) is 15.0 Å². The molecule has 142 valence electrons. The quantitative estimate of drug-likeness (QED) is 0.787. The average Bonchev–Trinajstić information content (AvgIpc) is 2.58. The van der Waals surface area contributed by atoms with Gasteiger partial charge in [-0.2, -0.15) is 0 Å². The van der Waals surface area contributed by atoms with Crippen LogP contribution in [0.2, 0.25) is 0 Å².